The van der Waals surface area contributed by atoms with E-state index in [-0.39, 0.29) is 6.04 Å². The van der Waals surface area contributed by atoms with E-state index in [1.54, 1.807) is 11.3 Å². The third-order valence-corrected chi connectivity index (χ3v) is 4.01. The van der Waals surface area contributed by atoms with Crippen LogP contribution in [0.5, 0.6) is 5.75 Å². The SMILES string of the molecule is CCCNC(c1cccc(OCC)c1)c1nc(C)cs1. The van der Waals surface area contributed by atoms with Gasteiger partial charge in [-0.3, -0.25) is 0 Å². The highest BCUT2D eigenvalue weighted by Gasteiger charge is 2.17. The van der Waals surface area contributed by atoms with Crippen LogP contribution in [0.2, 0.25) is 0 Å². The van der Waals surface area contributed by atoms with Crippen molar-refractivity contribution in [3.8, 4) is 5.75 Å². The molecule has 1 atom stereocenters. The van der Waals surface area contributed by atoms with Gasteiger partial charge in [-0.05, 0) is 44.5 Å². The summed E-state index contributed by atoms with van der Waals surface area (Å²) in [5.41, 5.74) is 2.29. The second kappa shape index (κ2) is 7.41. The summed E-state index contributed by atoms with van der Waals surface area (Å²) in [4.78, 5) is 4.63. The van der Waals surface area contributed by atoms with E-state index in [9.17, 15) is 0 Å². The molecule has 1 N–H and O–H groups in total. The Morgan fingerprint density at radius 1 is 1.35 bits per heavy atom. The summed E-state index contributed by atoms with van der Waals surface area (Å²) in [5, 5.41) is 6.79. The fourth-order valence-corrected chi connectivity index (χ4v) is 2.99. The van der Waals surface area contributed by atoms with Crippen LogP contribution in [0, 0.1) is 6.92 Å². The van der Waals surface area contributed by atoms with Crippen LogP contribution < -0.4 is 10.1 Å². The Labute approximate surface area is 125 Å². The highest BCUT2D eigenvalue weighted by molar-refractivity contribution is 7.09. The minimum absolute atomic E-state index is 0.147. The number of ether oxygens (including phenoxy) is 1. The molecule has 2 aromatic rings. The fraction of sp³-hybridized carbons (Fsp3) is 0.438. The lowest BCUT2D eigenvalue weighted by Crippen LogP contribution is -2.23. The summed E-state index contributed by atoms with van der Waals surface area (Å²) in [7, 11) is 0. The predicted molar refractivity (Wildman–Crippen MR) is 84.6 cm³/mol. The van der Waals surface area contributed by atoms with Gasteiger partial charge in [-0.15, -0.1) is 11.3 Å². The number of aryl methyl sites for hydroxylation is 1. The van der Waals surface area contributed by atoms with Crippen molar-refractivity contribution in [2.45, 2.75) is 33.2 Å². The molecule has 0 aliphatic heterocycles. The molecule has 0 bridgehead atoms. The number of nitrogens with one attached hydrogen (secondary N) is 1. The molecule has 0 aliphatic carbocycles. The first-order chi connectivity index (χ1) is 9.74. The van der Waals surface area contributed by atoms with Crippen LogP contribution in [0.1, 0.15) is 42.6 Å². The first kappa shape index (κ1) is 15.0. The van der Waals surface area contributed by atoms with E-state index >= 15 is 0 Å². The number of hydrogen-bond donors (Lipinski definition) is 1. The molecule has 0 saturated heterocycles. The van der Waals surface area contributed by atoms with Gasteiger partial charge in [0.15, 0.2) is 0 Å². The monoisotopic (exact) mass is 290 g/mol. The summed E-state index contributed by atoms with van der Waals surface area (Å²) in [5.74, 6) is 0.918. The van der Waals surface area contributed by atoms with E-state index in [0.717, 1.165) is 29.4 Å². The normalized spacial score (nSPS) is 12.3. The summed E-state index contributed by atoms with van der Waals surface area (Å²) in [6.07, 6.45) is 1.10. The molecule has 0 spiro atoms. The van der Waals surface area contributed by atoms with Crippen molar-refractivity contribution in [3.63, 3.8) is 0 Å². The van der Waals surface area contributed by atoms with Crippen LogP contribution in [0.15, 0.2) is 29.6 Å². The average molecular weight is 290 g/mol. The molecule has 0 fully saturated rings. The van der Waals surface area contributed by atoms with Crippen molar-refractivity contribution in [1.82, 2.24) is 10.3 Å². The summed E-state index contributed by atoms with van der Waals surface area (Å²) < 4.78 is 5.60. The van der Waals surface area contributed by atoms with E-state index in [2.05, 4.69) is 34.7 Å². The fourth-order valence-electron chi connectivity index (χ4n) is 2.09. The van der Waals surface area contributed by atoms with Crippen LogP contribution >= 0.6 is 11.3 Å². The van der Waals surface area contributed by atoms with Gasteiger partial charge < -0.3 is 10.1 Å². The van der Waals surface area contributed by atoms with E-state index in [4.69, 9.17) is 4.74 Å². The lowest BCUT2D eigenvalue weighted by molar-refractivity contribution is 0.339. The summed E-state index contributed by atoms with van der Waals surface area (Å²) >= 11 is 1.71. The number of benzene rings is 1. The topological polar surface area (TPSA) is 34.1 Å². The summed E-state index contributed by atoms with van der Waals surface area (Å²) in [6, 6.07) is 8.42. The van der Waals surface area contributed by atoms with Gasteiger partial charge in [-0.25, -0.2) is 4.98 Å². The van der Waals surface area contributed by atoms with Gasteiger partial charge in [0.05, 0.1) is 12.6 Å². The molecule has 1 unspecified atom stereocenters. The van der Waals surface area contributed by atoms with E-state index < -0.39 is 0 Å². The minimum atomic E-state index is 0.147. The van der Waals surface area contributed by atoms with Crippen LogP contribution in [0.25, 0.3) is 0 Å². The van der Waals surface area contributed by atoms with Crippen LogP contribution in [-0.2, 0) is 0 Å². The van der Waals surface area contributed by atoms with Gasteiger partial charge in [0.25, 0.3) is 0 Å². The molecule has 0 saturated carbocycles. The molecule has 1 aromatic carbocycles. The lowest BCUT2D eigenvalue weighted by atomic mass is 10.1. The molecule has 0 aliphatic rings. The van der Waals surface area contributed by atoms with Crippen molar-refractivity contribution in [3.05, 3.63) is 45.9 Å². The first-order valence-electron chi connectivity index (χ1n) is 7.12. The Hall–Kier alpha value is -1.39. The number of nitrogens with zero attached hydrogens (tertiary/aromatic N) is 1. The van der Waals surface area contributed by atoms with E-state index in [1.165, 1.54) is 5.56 Å². The molecular formula is C16H22N2OS. The maximum Gasteiger partial charge on any atom is 0.119 e. The van der Waals surface area contributed by atoms with E-state index in [0.29, 0.717) is 6.61 Å². The Bertz CT molecular complexity index is 539. The van der Waals surface area contributed by atoms with Crippen LogP contribution in [-0.4, -0.2) is 18.1 Å². The Kier molecular flexibility index (Phi) is 5.56. The molecule has 4 heteroatoms. The van der Waals surface area contributed by atoms with Crippen molar-refractivity contribution in [2.75, 3.05) is 13.2 Å². The third-order valence-electron chi connectivity index (χ3n) is 2.98. The number of thiazole rings is 1. The molecule has 0 radical (unpaired) electrons. The van der Waals surface area contributed by atoms with Gasteiger partial charge in [0, 0.05) is 11.1 Å². The maximum absolute atomic E-state index is 5.60. The smallest absolute Gasteiger partial charge is 0.119 e. The Morgan fingerprint density at radius 3 is 2.85 bits per heavy atom. The number of aromatic nitrogens is 1. The van der Waals surface area contributed by atoms with Crippen molar-refractivity contribution in [2.24, 2.45) is 0 Å². The lowest BCUT2D eigenvalue weighted by Gasteiger charge is -2.17. The zero-order chi connectivity index (χ0) is 14.4. The van der Waals surface area contributed by atoms with Gasteiger partial charge >= 0.3 is 0 Å². The molecule has 2 rings (SSSR count). The van der Waals surface area contributed by atoms with Crippen LogP contribution in [0.4, 0.5) is 0 Å². The molecule has 3 nitrogen and oxygen atoms in total. The molecular weight excluding hydrogens is 268 g/mol. The van der Waals surface area contributed by atoms with Crippen molar-refractivity contribution >= 4 is 11.3 Å². The van der Waals surface area contributed by atoms with Crippen molar-refractivity contribution in [1.29, 1.82) is 0 Å². The van der Waals surface area contributed by atoms with Gasteiger partial charge in [0.2, 0.25) is 0 Å². The highest BCUT2D eigenvalue weighted by Crippen LogP contribution is 2.27. The predicted octanol–water partition coefficient (Wildman–Crippen LogP) is 3.94. The van der Waals surface area contributed by atoms with Gasteiger partial charge in [0.1, 0.15) is 10.8 Å². The number of hydrogen-bond acceptors (Lipinski definition) is 4. The maximum atomic E-state index is 5.60. The molecule has 1 aromatic heterocycles. The van der Waals surface area contributed by atoms with Gasteiger partial charge in [-0.2, -0.15) is 0 Å². The van der Waals surface area contributed by atoms with Gasteiger partial charge in [-0.1, -0.05) is 19.1 Å². The molecule has 0 amide bonds. The van der Waals surface area contributed by atoms with Crippen LogP contribution in [0.3, 0.4) is 0 Å². The Morgan fingerprint density at radius 2 is 2.20 bits per heavy atom. The quantitative estimate of drug-likeness (QED) is 0.838. The number of rotatable bonds is 7. The second-order valence-electron chi connectivity index (χ2n) is 4.72. The standard InChI is InChI=1S/C16H22N2OS/c1-4-9-17-15(16-18-12(3)11-20-16)13-7-6-8-14(10-13)19-5-2/h6-8,10-11,15,17H,4-5,9H2,1-3H3. The summed E-state index contributed by atoms with van der Waals surface area (Å²) in [6.45, 7) is 7.87. The second-order valence-corrected chi connectivity index (χ2v) is 5.61. The zero-order valence-corrected chi connectivity index (χ0v) is 13.2. The average Bonchev–Trinajstić information content (AvgIpc) is 2.87. The van der Waals surface area contributed by atoms with Crippen molar-refractivity contribution < 1.29 is 4.74 Å². The third kappa shape index (κ3) is 3.81. The molecule has 108 valence electrons. The zero-order valence-electron chi connectivity index (χ0n) is 12.3. The minimum Gasteiger partial charge on any atom is -0.494 e. The molecule has 1 heterocycles. The Balaban J connectivity index is 2.28. The van der Waals surface area contributed by atoms with E-state index in [1.807, 2.05) is 26.0 Å². The molecule has 20 heavy (non-hydrogen) atoms. The highest BCUT2D eigenvalue weighted by atomic mass is 32.1. The first-order valence-corrected chi connectivity index (χ1v) is 8.00. The largest absolute Gasteiger partial charge is 0.494 e.